The molecule has 7 heteroatoms. The molecule has 110 valence electrons. The smallest absolute Gasteiger partial charge is 0.340 e. The highest BCUT2D eigenvalue weighted by molar-refractivity contribution is 6.05. The van der Waals surface area contributed by atoms with Gasteiger partial charge in [-0.2, -0.15) is 0 Å². The van der Waals surface area contributed by atoms with Crippen LogP contribution in [0.4, 0.5) is 0 Å². The molecule has 0 saturated carbocycles. The molecular weight excluding hydrogens is 266 g/mol. The first kappa shape index (κ1) is 15.7. The fourth-order valence-corrected chi connectivity index (χ4v) is 1.44. The number of hydrogen-bond donors (Lipinski definition) is 1. The van der Waals surface area contributed by atoms with Crippen molar-refractivity contribution in [3.63, 3.8) is 0 Å². The van der Waals surface area contributed by atoms with Crippen LogP contribution in [0.3, 0.4) is 0 Å². The molecule has 1 N–H and O–H groups in total. The Morgan fingerprint density at radius 2 is 1.75 bits per heavy atom. The monoisotopic (exact) mass is 283 g/mol. The van der Waals surface area contributed by atoms with Crippen LogP contribution >= 0.6 is 0 Å². The molecular formula is C13H17NO6. The zero-order valence-corrected chi connectivity index (χ0v) is 11.6. The Morgan fingerprint density at radius 3 is 2.15 bits per heavy atom. The first-order valence-electron chi connectivity index (χ1n) is 6.18. The van der Waals surface area contributed by atoms with Crippen molar-refractivity contribution < 1.29 is 28.3 Å². The third kappa shape index (κ3) is 4.11. The number of amides is 1. The average molecular weight is 283 g/mol. The summed E-state index contributed by atoms with van der Waals surface area (Å²) in [7, 11) is 0. The van der Waals surface area contributed by atoms with Gasteiger partial charge >= 0.3 is 11.9 Å². The first-order valence-corrected chi connectivity index (χ1v) is 6.18. The molecule has 1 rings (SSSR count). The van der Waals surface area contributed by atoms with E-state index in [-0.39, 0.29) is 18.8 Å². The van der Waals surface area contributed by atoms with Crippen LogP contribution in [0.1, 0.15) is 30.0 Å². The van der Waals surface area contributed by atoms with Crippen molar-refractivity contribution in [3.8, 4) is 0 Å². The summed E-state index contributed by atoms with van der Waals surface area (Å²) in [5.41, 5.74) is 0.209. The highest BCUT2D eigenvalue weighted by Crippen LogP contribution is 2.07. The summed E-state index contributed by atoms with van der Waals surface area (Å²) in [6, 6.07) is 0.000463. The van der Waals surface area contributed by atoms with Crippen LogP contribution in [0.15, 0.2) is 16.7 Å². The van der Waals surface area contributed by atoms with E-state index in [0.717, 1.165) is 0 Å². The molecule has 0 spiro atoms. The number of ether oxygens (including phenoxy) is 2. The first-order chi connectivity index (χ1) is 9.49. The zero-order valence-electron chi connectivity index (χ0n) is 11.6. The van der Waals surface area contributed by atoms with Gasteiger partial charge in [0.05, 0.1) is 18.8 Å². The molecule has 0 fully saturated rings. The van der Waals surface area contributed by atoms with Gasteiger partial charge in [0, 0.05) is 0 Å². The van der Waals surface area contributed by atoms with E-state index in [4.69, 9.17) is 13.9 Å². The lowest BCUT2D eigenvalue weighted by Gasteiger charge is -2.15. The van der Waals surface area contributed by atoms with E-state index in [1.165, 1.54) is 12.3 Å². The van der Waals surface area contributed by atoms with E-state index < -0.39 is 23.9 Å². The van der Waals surface area contributed by atoms with Crippen molar-refractivity contribution in [2.45, 2.75) is 26.8 Å². The van der Waals surface area contributed by atoms with Crippen molar-refractivity contribution in [2.75, 3.05) is 13.2 Å². The summed E-state index contributed by atoms with van der Waals surface area (Å²) in [5, 5.41) is 2.27. The van der Waals surface area contributed by atoms with Gasteiger partial charge < -0.3 is 19.2 Å². The molecule has 0 aliphatic heterocycles. The van der Waals surface area contributed by atoms with Gasteiger partial charge in [-0.05, 0) is 26.8 Å². The Morgan fingerprint density at radius 1 is 1.20 bits per heavy atom. The Kier molecular flexibility index (Phi) is 5.76. The lowest BCUT2D eigenvalue weighted by molar-refractivity contribution is -0.157. The van der Waals surface area contributed by atoms with Gasteiger partial charge in [-0.3, -0.25) is 4.79 Å². The van der Waals surface area contributed by atoms with Gasteiger partial charge in [-0.1, -0.05) is 0 Å². The van der Waals surface area contributed by atoms with Crippen LogP contribution in [0, 0.1) is 6.92 Å². The molecule has 0 aliphatic carbocycles. The van der Waals surface area contributed by atoms with Crippen molar-refractivity contribution in [3.05, 3.63) is 23.7 Å². The highest BCUT2D eigenvalue weighted by Gasteiger charge is 2.31. The number of hydrogen-bond acceptors (Lipinski definition) is 6. The lowest BCUT2D eigenvalue weighted by atomic mass is 10.2. The topological polar surface area (TPSA) is 94.8 Å². The van der Waals surface area contributed by atoms with Gasteiger partial charge in [-0.25, -0.2) is 9.59 Å². The molecule has 7 nitrogen and oxygen atoms in total. The number of rotatable bonds is 6. The number of carbonyl (C=O) groups is 3. The Bertz CT molecular complexity index is 475. The van der Waals surface area contributed by atoms with Gasteiger partial charge in [0.2, 0.25) is 6.04 Å². The maximum Gasteiger partial charge on any atom is 0.340 e. The third-order valence-electron chi connectivity index (χ3n) is 2.31. The van der Waals surface area contributed by atoms with Crippen molar-refractivity contribution in [1.82, 2.24) is 5.32 Å². The molecule has 20 heavy (non-hydrogen) atoms. The molecule has 1 amide bonds. The summed E-state index contributed by atoms with van der Waals surface area (Å²) < 4.78 is 14.5. The van der Waals surface area contributed by atoms with Crippen LogP contribution in [0.5, 0.6) is 0 Å². The second-order valence-electron chi connectivity index (χ2n) is 3.86. The molecule has 0 unspecified atom stereocenters. The highest BCUT2D eigenvalue weighted by atomic mass is 16.6. The van der Waals surface area contributed by atoms with Gasteiger partial charge in [0.25, 0.3) is 5.91 Å². The second-order valence-corrected chi connectivity index (χ2v) is 3.86. The molecule has 1 aromatic rings. The molecule has 1 heterocycles. The van der Waals surface area contributed by atoms with Gasteiger partial charge in [-0.15, -0.1) is 0 Å². The van der Waals surface area contributed by atoms with Gasteiger partial charge in [0.15, 0.2) is 0 Å². The van der Waals surface area contributed by atoms with Crippen LogP contribution in [0.2, 0.25) is 0 Å². The number of nitrogens with one attached hydrogen (secondary N) is 1. The normalized spacial score (nSPS) is 10.2. The molecule has 0 bridgehead atoms. The van der Waals surface area contributed by atoms with E-state index >= 15 is 0 Å². The zero-order chi connectivity index (χ0) is 15.1. The Labute approximate surface area is 116 Å². The third-order valence-corrected chi connectivity index (χ3v) is 2.31. The van der Waals surface area contributed by atoms with Gasteiger partial charge in [0.1, 0.15) is 12.0 Å². The molecule has 0 saturated heterocycles. The molecule has 0 aliphatic rings. The molecule has 0 aromatic carbocycles. The van der Waals surface area contributed by atoms with Crippen molar-refractivity contribution in [1.29, 1.82) is 0 Å². The summed E-state index contributed by atoms with van der Waals surface area (Å²) in [5.74, 6) is -1.80. The minimum atomic E-state index is -1.49. The SMILES string of the molecule is CCOC(=O)C(NC(=O)c1coc(C)c1)C(=O)OCC. The quantitative estimate of drug-likeness (QED) is 0.613. The summed E-state index contributed by atoms with van der Waals surface area (Å²) >= 11 is 0. The maximum atomic E-state index is 11.9. The predicted molar refractivity (Wildman–Crippen MR) is 68.0 cm³/mol. The van der Waals surface area contributed by atoms with E-state index in [1.807, 2.05) is 0 Å². The molecule has 0 atom stereocenters. The van der Waals surface area contributed by atoms with Crippen LogP contribution in [0.25, 0.3) is 0 Å². The van der Waals surface area contributed by atoms with Crippen LogP contribution in [-0.2, 0) is 19.1 Å². The lowest BCUT2D eigenvalue weighted by Crippen LogP contribution is -2.48. The second kappa shape index (κ2) is 7.32. The van der Waals surface area contributed by atoms with E-state index in [2.05, 4.69) is 5.32 Å². The fourth-order valence-electron chi connectivity index (χ4n) is 1.44. The number of carbonyl (C=O) groups excluding carboxylic acids is 3. The van der Waals surface area contributed by atoms with Crippen molar-refractivity contribution >= 4 is 17.8 Å². The number of furan rings is 1. The average Bonchev–Trinajstić information content (AvgIpc) is 2.83. The molecule has 0 radical (unpaired) electrons. The number of esters is 2. The standard InChI is InChI=1S/C13H17NO6/c1-4-18-12(16)10(13(17)19-5-2)14-11(15)9-6-8(3)20-7-9/h6-7,10H,4-5H2,1-3H3,(H,14,15). The van der Waals surface area contributed by atoms with Crippen molar-refractivity contribution in [2.24, 2.45) is 0 Å². The fraction of sp³-hybridized carbons (Fsp3) is 0.462. The maximum absolute atomic E-state index is 11.9. The minimum absolute atomic E-state index is 0.0927. The summed E-state index contributed by atoms with van der Waals surface area (Å²) in [6.07, 6.45) is 1.23. The van der Waals surface area contributed by atoms with E-state index in [1.54, 1.807) is 20.8 Å². The van der Waals surface area contributed by atoms with E-state index in [9.17, 15) is 14.4 Å². The van der Waals surface area contributed by atoms with Crippen LogP contribution < -0.4 is 5.32 Å². The molecule has 1 aromatic heterocycles. The Balaban J connectivity index is 2.80. The predicted octanol–water partition coefficient (Wildman–Crippen LogP) is 0.813. The van der Waals surface area contributed by atoms with Crippen LogP contribution in [-0.4, -0.2) is 37.1 Å². The largest absolute Gasteiger partial charge is 0.469 e. The summed E-state index contributed by atoms with van der Waals surface area (Å²) in [4.78, 5) is 35.2. The minimum Gasteiger partial charge on any atom is -0.469 e. The summed E-state index contributed by atoms with van der Waals surface area (Å²) in [6.45, 7) is 5.05. The van der Waals surface area contributed by atoms with E-state index in [0.29, 0.717) is 5.76 Å². The number of aryl methyl sites for hydroxylation is 1. The Hall–Kier alpha value is -2.31.